The number of carboxylic acid groups (broad SMARTS) is 1. The molecule has 6 heteroatoms. The summed E-state index contributed by atoms with van der Waals surface area (Å²) in [6.45, 7) is 3.03. The Morgan fingerprint density at radius 2 is 1.39 bits per heavy atom. The summed E-state index contributed by atoms with van der Waals surface area (Å²) in [5, 5.41) is 16.6. The predicted molar refractivity (Wildman–Crippen MR) is 145 cm³/mol. The molecule has 0 atom stereocenters. The molecular formula is C27H43N3O2S. The Labute approximate surface area is 206 Å². The van der Waals surface area contributed by atoms with E-state index in [0.29, 0.717) is 5.11 Å². The summed E-state index contributed by atoms with van der Waals surface area (Å²) in [4.78, 5) is 11.4. The van der Waals surface area contributed by atoms with Crippen molar-refractivity contribution in [1.82, 2.24) is 10.7 Å². The summed E-state index contributed by atoms with van der Waals surface area (Å²) in [6, 6.07) is 9.49. The van der Waals surface area contributed by atoms with Crippen LogP contribution >= 0.6 is 12.2 Å². The first-order valence-electron chi connectivity index (χ1n) is 12.7. The lowest BCUT2D eigenvalue weighted by Crippen LogP contribution is -2.33. The van der Waals surface area contributed by atoms with E-state index >= 15 is 0 Å². The van der Waals surface area contributed by atoms with Gasteiger partial charge in [-0.15, -0.1) is 0 Å². The Morgan fingerprint density at radius 3 is 1.91 bits per heavy atom. The van der Waals surface area contributed by atoms with E-state index < -0.39 is 5.97 Å². The number of carboxylic acids is 1. The first-order valence-corrected chi connectivity index (χ1v) is 13.1. The van der Waals surface area contributed by atoms with Gasteiger partial charge in [-0.05, 0) is 30.3 Å². The summed E-state index contributed by atoms with van der Waals surface area (Å²) >= 11 is 5.19. The molecule has 0 spiro atoms. The summed E-state index contributed by atoms with van der Waals surface area (Å²) in [5.41, 5.74) is 3.44. The number of hydrogen-bond acceptors (Lipinski definition) is 3. The molecule has 1 aromatic rings. The van der Waals surface area contributed by atoms with Crippen LogP contribution in [-0.2, 0) is 4.79 Å². The molecule has 0 aliphatic rings. The first kappa shape index (κ1) is 28.8. The number of nitrogens with one attached hydrogen (secondary N) is 2. The highest BCUT2D eigenvalue weighted by Crippen LogP contribution is 2.12. The van der Waals surface area contributed by atoms with Crippen molar-refractivity contribution < 1.29 is 9.90 Å². The second-order valence-corrected chi connectivity index (χ2v) is 8.92. The van der Waals surface area contributed by atoms with Crippen molar-refractivity contribution in [3.05, 3.63) is 42.0 Å². The SMILES string of the molecule is CCCCCCCCCCCCCCCCNC(=S)N/N=C(/C=C/c1ccccc1)C(=O)O. The van der Waals surface area contributed by atoms with Gasteiger partial charge in [-0.25, -0.2) is 4.79 Å². The maximum Gasteiger partial charge on any atom is 0.356 e. The average molecular weight is 474 g/mol. The molecule has 1 rings (SSSR count). The van der Waals surface area contributed by atoms with Crippen molar-refractivity contribution >= 4 is 35.1 Å². The molecule has 0 radical (unpaired) electrons. The average Bonchev–Trinajstić information content (AvgIpc) is 2.82. The fourth-order valence-corrected chi connectivity index (χ4v) is 3.72. The molecule has 5 nitrogen and oxygen atoms in total. The van der Waals surface area contributed by atoms with Crippen LogP contribution in [0.25, 0.3) is 6.08 Å². The monoisotopic (exact) mass is 473 g/mol. The van der Waals surface area contributed by atoms with Gasteiger partial charge in [-0.3, -0.25) is 5.43 Å². The number of aliphatic carboxylic acids is 1. The van der Waals surface area contributed by atoms with Crippen LogP contribution in [0.2, 0.25) is 0 Å². The van der Waals surface area contributed by atoms with Gasteiger partial charge in [0.15, 0.2) is 10.8 Å². The van der Waals surface area contributed by atoms with Crippen LogP contribution in [0, 0.1) is 0 Å². The zero-order valence-corrected chi connectivity index (χ0v) is 21.2. The van der Waals surface area contributed by atoms with Crippen LogP contribution in [0.5, 0.6) is 0 Å². The third kappa shape index (κ3) is 17.0. The highest BCUT2D eigenvalue weighted by molar-refractivity contribution is 7.80. The number of unbranched alkanes of at least 4 members (excludes halogenated alkanes) is 13. The third-order valence-electron chi connectivity index (χ3n) is 5.55. The highest BCUT2D eigenvalue weighted by Gasteiger charge is 2.05. The van der Waals surface area contributed by atoms with Crippen LogP contribution in [-0.4, -0.2) is 28.4 Å². The van der Waals surface area contributed by atoms with E-state index in [-0.39, 0.29) is 5.71 Å². The van der Waals surface area contributed by atoms with Crippen LogP contribution in [0.3, 0.4) is 0 Å². The van der Waals surface area contributed by atoms with Gasteiger partial charge in [-0.2, -0.15) is 5.10 Å². The number of thiocarbonyl (C=S) groups is 1. The minimum Gasteiger partial charge on any atom is -0.476 e. The first-order chi connectivity index (χ1) is 16.1. The molecule has 0 heterocycles. The van der Waals surface area contributed by atoms with Crippen LogP contribution < -0.4 is 10.7 Å². The lowest BCUT2D eigenvalue weighted by molar-refractivity contribution is -0.129. The van der Waals surface area contributed by atoms with Crippen LogP contribution in [0.15, 0.2) is 41.5 Å². The minimum atomic E-state index is -1.11. The Morgan fingerprint density at radius 1 is 0.879 bits per heavy atom. The molecule has 0 aromatic heterocycles. The molecule has 0 aliphatic heterocycles. The molecule has 33 heavy (non-hydrogen) atoms. The van der Waals surface area contributed by atoms with E-state index in [2.05, 4.69) is 22.8 Å². The maximum atomic E-state index is 11.4. The van der Waals surface area contributed by atoms with Crippen molar-refractivity contribution in [1.29, 1.82) is 0 Å². The number of carbonyl (C=O) groups is 1. The number of hydrazone groups is 1. The van der Waals surface area contributed by atoms with Crippen molar-refractivity contribution in [3.63, 3.8) is 0 Å². The van der Waals surface area contributed by atoms with Gasteiger partial charge in [-0.1, -0.05) is 127 Å². The molecule has 0 fully saturated rings. The number of benzene rings is 1. The molecule has 0 saturated heterocycles. The van der Waals surface area contributed by atoms with Gasteiger partial charge in [0.25, 0.3) is 0 Å². The quantitative estimate of drug-likeness (QED) is 0.0866. The lowest BCUT2D eigenvalue weighted by Gasteiger charge is -2.07. The normalized spacial score (nSPS) is 11.6. The fourth-order valence-electron chi connectivity index (χ4n) is 3.57. The highest BCUT2D eigenvalue weighted by atomic mass is 32.1. The van der Waals surface area contributed by atoms with Crippen LogP contribution in [0.1, 0.15) is 102 Å². The summed E-state index contributed by atoms with van der Waals surface area (Å²) in [7, 11) is 0. The van der Waals surface area contributed by atoms with Crippen molar-refractivity contribution in [2.24, 2.45) is 5.10 Å². The third-order valence-corrected chi connectivity index (χ3v) is 5.78. The van der Waals surface area contributed by atoms with Gasteiger partial charge in [0.2, 0.25) is 0 Å². The largest absolute Gasteiger partial charge is 0.476 e. The Balaban J connectivity index is 2.02. The Bertz CT molecular complexity index is 705. The van der Waals surface area contributed by atoms with E-state index in [1.54, 1.807) is 6.08 Å². The zero-order chi connectivity index (χ0) is 24.0. The predicted octanol–water partition coefficient (Wildman–Crippen LogP) is 7.09. The minimum absolute atomic E-state index is 0.0977. The van der Waals surface area contributed by atoms with Gasteiger partial charge in [0.1, 0.15) is 0 Å². The fraction of sp³-hybridized carbons (Fsp3) is 0.593. The zero-order valence-electron chi connectivity index (χ0n) is 20.4. The van der Waals surface area contributed by atoms with E-state index in [4.69, 9.17) is 12.2 Å². The van der Waals surface area contributed by atoms with Crippen molar-refractivity contribution in [2.45, 2.75) is 96.8 Å². The standard InChI is InChI=1S/C27H43N3O2S/c1-2-3-4-5-6-7-8-9-10-11-12-13-14-18-23-28-27(33)30-29-25(26(31)32)22-21-24-19-16-15-17-20-24/h15-17,19-22H,2-14,18,23H2,1H3,(H,31,32)(H2,28,30,33)/b22-21+,29-25-. The molecular weight excluding hydrogens is 430 g/mol. The lowest BCUT2D eigenvalue weighted by atomic mass is 10.0. The second kappa shape index (κ2) is 20.4. The Kier molecular flexibility index (Phi) is 17.8. The topological polar surface area (TPSA) is 73.7 Å². The van der Waals surface area contributed by atoms with Gasteiger partial charge in [0, 0.05) is 6.54 Å². The van der Waals surface area contributed by atoms with Crippen molar-refractivity contribution in [3.8, 4) is 0 Å². The number of nitrogens with zero attached hydrogens (tertiary/aromatic N) is 1. The molecule has 0 aliphatic carbocycles. The smallest absolute Gasteiger partial charge is 0.356 e. The number of hydrogen-bond donors (Lipinski definition) is 3. The Hall–Kier alpha value is -2.21. The van der Waals surface area contributed by atoms with Crippen LogP contribution in [0.4, 0.5) is 0 Å². The van der Waals surface area contributed by atoms with Gasteiger partial charge < -0.3 is 10.4 Å². The molecule has 184 valence electrons. The molecule has 0 saturated carbocycles. The van der Waals surface area contributed by atoms with E-state index in [9.17, 15) is 9.90 Å². The van der Waals surface area contributed by atoms with E-state index in [1.807, 2.05) is 30.3 Å². The van der Waals surface area contributed by atoms with Gasteiger partial charge in [0.05, 0.1) is 0 Å². The number of rotatable bonds is 19. The molecule has 0 amide bonds. The molecule has 3 N–H and O–H groups in total. The van der Waals surface area contributed by atoms with Gasteiger partial charge >= 0.3 is 5.97 Å². The second-order valence-electron chi connectivity index (χ2n) is 8.51. The summed E-state index contributed by atoms with van der Waals surface area (Å²) in [6.07, 6.45) is 21.8. The summed E-state index contributed by atoms with van der Waals surface area (Å²) < 4.78 is 0. The molecule has 1 aromatic carbocycles. The van der Waals surface area contributed by atoms with E-state index in [1.165, 1.54) is 89.5 Å². The molecule has 0 unspecified atom stereocenters. The molecule has 0 bridgehead atoms. The van der Waals surface area contributed by atoms with Crippen molar-refractivity contribution in [2.75, 3.05) is 6.54 Å². The summed E-state index contributed by atoms with van der Waals surface area (Å²) in [5.74, 6) is -1.11. The maximum absolute atomic E-state index is 11.4. The van der Waals surface area contributed by atoms with E-state index in [0.717, 1.165) is 18.5 Å².